The summed E-state index contributed by atoms with van der Waals surface area (Å²) in [6.07, 6.45) is 5.64. The van der Waals surface area contributed by atoms with E-state index < -0.39 is 34.9 Å². The standard InChI is InChI=1S/C24H25N3O4/c25-21(29)23(16-8-10-18(11-9-16)27-17-6-2-1-3-7-17)13-4-5-14-24(23,22(26)30)19-12-15-31-20(19)28/h1-11,13-14,19-20,27-28H,12,15H2,(H2,25,29)(H2,26,30). The van der Waals surface area contributed by atoms with Crippen LogP contribution in [0.15, 0.2) is 78.9 Å². The Balaban J connectivity index is 1.81. The number of aliphatic hydroxyl groups is 1. The third kappa shape index (κ3) is 3.22. The molecular weight excluding hydrogens is 394 g/mol. The van der Waals surface area contributed by atoms with Gasteiger partial charge in [0.25, 0.3) is 0 Å². The topological polar surface area (TPSA) is 128 Å². The highest BCUT2D eigenvalue weighted by atomic mass is 16.6. The predicted octanol–water partition coefficient (Wildman–Crippen LogP) is 2.11. The third-order valence-electron chi connectivity index (χ3n) is 6.31. The van der Waals surface area contributed by atoms with Crippen molar-refractivity contribution in [1.82, 2.24) is 0 Å². The fourth-order valence-corrected chi connectivity index (χ4v) is 4.85. The molecule has 2 amide bonds. The van der Waals surface area contributed by atoms with Gasteiger partial charge in [-0.25, -0.2) is 0 Å². The van der Waals surface area contributed by atoms with Crippen LogP contribution < -0.4 is 16.8 Å². The molecule has 4 rings (SSSR count). The van der Waals surface area contributed by atoms with Crippen LogP contribution in [0.25, 0.3) is 0 Å². The minimum absolute atomic E-state index is 0.257. The number of amides is 2. The lowest BCUT2D eigenvalue weighted by molar-refractivity contribution is -0.151. The molecule has 0 aromatic heterocycles. The van der Waals surface area contributed by atoms with Gasteiger partial charge >= 0.3 is 0 Å². The highest BCUT2D eigenvalue weighted by Gasteiger charge is 2.64. The molecule has 2 aromatic carbocycles. The third-order valence-corrected chi connectivity index (χ3v) is 6.31. The van der Waals surface area contributed by atoms with Crippen LogP contribution in [0.4, 0.5) is 11.4 Å². The van der Waals surface area contributed by atoms with Crippen molar-refractivity contribution < 1.29 is 19.4 Å². The van der Waals surface area contributed by atoms with Crippen molar-refractivity contribution in [2.45, 2.75) is 18.1 Å². The molecule has 0 radical (unpaired) electrons. The van der Waals surface area contributed by atoms with Crippen LogP contribution in [0, 0.1) is 11.3 Å². The molecule has 2 aromatic rings. The van der Waals surface area contributed by atoms with E-state index >= 15 is 0 Å². The van der Waals surface area contributed by atoms with E-state index in [1.807, 2.05) is 42.5 Å². The first-order valence-electron chi connectivity index (χ1n) is 10.1. The molecule has 4 atom stereocenters. The van der Waals surface area contributed by atoms with Crippen molar-refractivity contribution in [2.24, 2.45) is 22.8 Å². The molecule has 7 heteroatoms. The van der Waals surface area contributed by atoms with Crippen LogP contribution in [0.1, 0.15) is 12.0 Å². The van der Waals surface area contributed by atoms with Crippen molar-refractivity contribution in [2.75, 3.05) is 11.9 Å². The highest BCUT2D eigenvalue weighted by Crippen LogP contribution is 2.54. The fourth-order valence-electron chi connectivity index (χ4n) is 4.85. The summed E-state index contributed by atoms with van der Waals surface area (Å²) in [6.45, 7) is 0.257. The maximum absolute atomic E-state index is 13.0. The number of hydrogen-bond donors (Lipinski definition) is 4. The molecule has 31 heavy (non-hydrogen) atoms. The van der Waals surface area contributed by atoms with Gasteiger partial charge in [-0.1, -0.05) is 54.6 Å². The predicted molar refractivity (Wildman–Crippen MR) is 117 cm³/mol. The van der Waals surface area contributed by atoms with E-state index in [0.717, 1.165) is 11.4 Å². The number of allylic oxidation sites excluding steroid dienone is 2. The zero-order chi connectivity index (χ0) is 22.1. The lowest BCUT2D eigenvalue weighted by atomic mass is 9.51. The number of ether oxygens (including phenoxy) is 1. The van der Waals surface area contributed by atoms with Crippen molar-refractivity contribution >= 4 is 23.2 Å². The maximum Gasteiger partial charge on any atom is 0.233 e. The number of nitrogens with two attached hydrogens (primary N) is 2. The molecular formula is C24H25N3O4. The molecule has 0 bridgehead atoms. The molecule has 0 spiro atoms. The molecule has 2 aliphatic rings. The van der Waals surface area contributed by atoms with E-state index in [-0.39, 0.29) is 6.61 Å². The molecule has 6 N–H and O–H groups in total. The summed E-state index contributed by atoms with van der Waals surface area (Å²) in [6, 6.07) is 16.8. The summed E-state index contributed by atoms with van der Waals surface area (Å²) in [5, 5.41) is 13.8. The van der Waals surface area contributed by atoms with E-state index in [1.54, 1.807) is 36.4 Å². The monoisotopic (exact) mass is 419 g/mol. The molecule has 160 valence electrons. The zero-order valence-corrected chi connectivity index (χ0v) is 16.9. The van der Waals surface area contributed by atoms with Crippen LogP contribution in [-0.2, 0) is 19.7 Å². The maximum atomic E-state index is 13.0. The summed E-state index contributed by atoms with van der Waals surface area (Å²) in [5.41, 5.74) is 11.0. The van der Waals surface area contributed by atoms with Gasteiger partial charge in [0.15, 0.2) is 6.29 Å². The quantitative estimate of drug-likeness (QED) is 0.570. The number of aliphatic hydroxyl groups excluding tert-OH is 1. The van der Waals surface area contributed by atoms with Gasteiger partial charge in [-0.3, -0.25) is 9.59 Å². The molecule has 7 nitrogen and oxygen atoms in total. The van der Waals surface area contributed by atoms with Crippen molar-refractivity contribution in [3.05, 3.63) is 84.5 Å². The Morgan fingerprint density at radius 2 is 1.58 bits per heavy atom. The number of benzene rings is 2. The van der Waals surface area contributed by atoms with Gasteiger partial charge in [0.2, 0.25) is 11.8 Å². The molecule has 1 aliphatic carbocycles. The normalized spacial score (nSPS) is 29.6. The molecule has 1 fully saturated rings. The largest absolute Gasteiger partial charge is 0.369 e. The average molecular weight is 419 g/mol. The Morgan fingerprint density at radius 3 is 2.16 bits per heavy atom. The number of anilines is 2. The summed E-state index contributed by atoms with van der Waals surface area (Å²) >= 11 is 0. The van der Waals surface area contributed by atoms with E-state index in [9.17, 15) is 14.7 Å². The van der Waals surface area contributed by atoms with Crippen LogP contribution in [0.2, 0.25) is 0 Å². The van der Waals surface area contributed by atoms with E-state index in [0.29, 0.717) is 12.0 Å². The zero-order valence-electron chi connectivity index (χ0n) is 16.9. The van der Waals surface area contributed by atoms with E-state index in [2.05, 4.69) is 5.32 Å². The first-order chi connectivity index (χ1) is 14.9. The lowest BCUT2D eigenvalue weighted by Gasteiger charge is -2.48. The van der Waals surface area contributed by atoms with E-state index in [1.165, 1.54) is 0 Å². The van der Waals surface area contributed by atoms with E-state index in [4.69, 9.17) is 16.2 Å². The van der Waals surface area contributed by atoms with Gasteiger partial charge in [0, 0.05) is 17.3 Å². The number of primary amides is 2. The number of rotatable bonds is 6. The second-order valence-corrected chi connectivity index (χ2v) is 7.85. The summed E-state index contributed by atoms with van der Waals surface area (Å²) < 4.78 is 5.32. The second kappa shape index (κ2) is 8.02. The number of hydrogen-bond acceptors (Lipinski definition) is 5. The highest BCUT2D eigenvalue weighted by molar-refractivity contribution is 6.00. The summed E-state index contributed by atoms with van der Waals surface area (Å²) in [5.74, 6) is -2.19. The first-order valence-corrected chi connectivity index (χ1v) is 10.1. The van der Waals surface area contributed by atoms with Crippen LogP contribution in [0.3, 0.4) is 0 Å². The summed E-state index contributed by atoms with van der Waals surface area (Å²) in [7, 11) is 0. The van der Waals surface area contributed by atoms with Crippen LogP contribution >= 0.6 is 0 Å². The lowest BCUT2D eigenvalue weighted by Crippen LogP contribution is -2.63. The summed E-state index contributed by atoms with van der Waals surface area (Å²) in [4.78, 5) is 26.0. The molecule has 1 aliphatic heterocycles. The Hall–Kier alpha value is -3.42. The van der Waals surface area contributed by atoms with Gasteiger partial charge in [-0.15, -0.1) is 0 Å². The molecule has 1 saturated heterocycles. The van der Waals surface area contributed by atoms with Gasteiger partial charge in [-0.2, -0.15) is 0 Å². The molecule has 4 unspecified atom stereocenters. The molecule has 1 heterocycles. The Bertz CT molecular complexity index is 1030. The van der Waals surface area contributed by atoms with Gasteiger partial charge in [-0.05, 0) is 36.2 Å². The Kier molecular flexibility index (Phi) is 5.39. The number of nitrogens with one attached hydrogen (secondary N) is 1. The number of carbonyl (C=O) groups is 2. The van der Waals surface area contributed by atoms with Crippen molar-refractivity contribution in [1.29, 1.82) is 0 Å². The Morgan fingerprint density at radius 1 is 0.935 bits per heavy atom. The van der Waals surface area contributed by atoms with Crippen LogP contribution in [0.5, 0.6) is 0 Å². The second-order valence-electron chi connectivity index (χ2n) is 7.85. The number of carbonyl (C=O) groups excluding carboxylic acids is 2. The smallest absolute Gasteiger partial charge is 0.233 e. The number of para-hydroxylation sites is 1. The SMILES string of the molecule is NC(=O)C1(c2ccc(Nc3ccccc3)cc2)C=CC=CC1(C(N)=O)C1CCOC1O. The Labute approximate surface area is 180 Å². The molecule has 0 saturated carbocycles. The fraction of sp³-hybridized carbons (Fsp3) is 0.250. The average Bonchev–Trinajstić information content (AvgIpc) is 3.20. The minimum Gasteiger partial charge on any atom is -0.369 e. The van der Waals surface area contributed by atoms with Gasteiger partial charge < -0.3 is 26.6 Å². The van der Waals surface area contributed by atoms with Crippen LogP contribution in [-0.4, -0.2) is 29.8 Å². The van der Waals surface area contributed by atoms with Gasteiger partial charge in [0.1, 0.15) is 5.41 Å². The first kappa shape index (κ1) is 20.8. The van der Waals surface area contributed by atoms with Gasteiger partial charge in [0.05, 0.1) is 12.0 Å². The van der Waals surface area contributed by atoms with Crippen molar-refractivity contribution in [3.8, 4) is 0 Å². The van der Waals surface area contributed by atoms with Crippen molar-refractivity contribution in [3.63, 3.8) is 0 Å². The minimum atomic E-state index is -1.57.